The van der Waals surface area contributed by atoms with Gasteiger partial charge in [-0.2, -0.15) is 0 Å². The van der Waals surface area contributed by atoms with Crippen molar-refractivity contribution in [3.8, 4) is 0 Å². The summed E-state index contributed by atoms with van der Waals surface area (Å²) in [6.07, 6.45) is 0. The first kappa shape index (κ1) is 17.4. The lowest BCUT2D eigenvalue weighted by Crippen LogP contribution is -2.24. The van der Waals surface area contributed by atoms with Crippen molar-refractivity contribution in [3.05, 3.63) is 76.7 Å². The topological polar surface area (TPSA) is 35.9 Å². The second kappa shape index (κ2) is 6.72. The maximum Gasteiger partial charge on any atom is 0.269 e. The molecule has 0 spiro atoms. The van der Waals surface area contributed by atoms with E-state index < -0.39 is 0 Å². The highest BCUT2D eigenvalue weighted by molar-refractivity contribution is 8.19. The highest BCUT2D eigenvalue weighted by Gasteiger charge is 2.37. The molecule has 0 aromatic heterocycles. The van der Waals surface area contributed by atoms with Crippen molar-refractivity contribution in [2.75, 3.05) is 19.0 Å². The zero-order valence-corrected chi connectivity index (χ0v) is 17.1. The van der Waals surface area contributed by atoms with Gasteiger partial charge in [-0.15, -0.1) is 0 Å². The summed E-state index contributed by atoms with van der Waals surface area (Å²) in [6, 6.07) is 22.5. The number of amides is 1. The van der Waals surface area contributed by atoms with Crippen LogP contribution in [0.15, 0.2) is 86.6 Å². The van der Waals surface area contributed by atoms with E-state index in [0.29, 0.717) is 5.17 Å². The van der Waals surface area contributed by atoms with E-state index in [1.54, 1.807) is 23.7 Å². The molecular formula is C22H17N3OS2. The fraction of sp³-hybridized carbons (Fsp3) is 0.0909. The van der Waals surface area contributed by atoms with Gasteiger partial charge < -0.3 is 4.90 Å². The third-order valence-electron chi connectivity index (χ3n) is 4.87. The lowest BCUT2D eigenvalue weighted by atomic mass is 10.1. The van der Waals surface area contributed by atoms with Crippen LogP contribution in [0.4, 0.5) is 11.4 Å². The normalized spacial score (nSPS) is 20.5. The van der Waals surface area contributed by atoms with Gasteiger partial charge in [0.05, 0.1) is 16.4 Å². The number of carbonyl (C=O) groups is 1. The van der Waals surface area contributed by atoms with Crippen molar-refractivity contribution < 1.29 is 4.79 Å². The Bertz CT molecular complexity index is 1190. The number of carbonyl (C=O) groups excluding carboxylic acids is 1. The van der Waals surface area contributed by atoms with Crippen LogP contribution in [0.1, 0.15) is 0 Å². The van der Waals surface area contributed by atoms with E-state index in [9.17, 15) is 4.79 Å². The van der Waals surface area contributed by atoms with Crippen LogP contribution < -0.4 is 4.90 Å². The second-order valence-electron chi connectivity index (χ2n) is 6.66. The van der Waals surface area contributed by atoms with Crippen LogP contribution in [0, 0.1) is 0 Å². The first-order valence-electron chi connectivity index (χ1n) is 8.90. The average Bonchev–Trinajstić information content (AvgIpc) is 3.19. The summed E-state index contributed by atoms with van der Waals surface area (Å²) in [6.45, 7) is 0. The van der Waals surface area contributed by atoms with Crippen LogP contribution in [-0.4, -0.2) is 30.1 Å². The van der Waals surface area contributed by atoms with E-state index in [1.165, 1.54) is 22.0 Å². The molecule has 3 aromatic rings. The number of aliphatic imine (C=N–C) groups is 1. The SMILES string of the molecule is CN1C(=O)/C(=C2/Sc3ccccc3N2C)SC1=Nc1ccc2ccccc2c1. The zero-order valence-electron chi connectivity index (χ0n) is 15.4. The van der Waals surface area contributed by atoms with Gasteiger partial charge in [0.25, 0.3) is 5.91 Å². The number of hydrogen-bond acceptors (Lipinski definition) is 5. The average molecular weight is 404 g/mol. The van der Waals surface area contributed by atoms with Crippen molar-refractivity contribution >= 4 is 56.7 Å². The molecule has 3 aromatic carbocycles. The number of rotatable bonds is 1. The van der Waals surface area contributed by atoms with Crippen molar-refractivity contribution in [1.82, 2.24) is 4.90 Å². The number of benzene rings is 3. The van der Waals surface area contributed by atoms with Gasteiger partial charge in [0.15, 0.2) is 5.17 Å². The molecule has 138 valence electrons. The first-order chi connectivity index (χ1) is 13.6. The molecule has 1 saturated heterocycles. The third-order valence-corrected chi connectivity index (χ3v) is 7.35. The predicted octanol–water partition coefficient (Wildman–Crippen LogP) is 5.44. The maximum absolute atomic E-state index is 12.9. The van der Waals surface area contributed by atoms with Crippen molar-refractivity contribution in [3.63, 3.8) is 0 Å². The van der Waals surface area contributed by atoms with Gasteiger partial charge in [-0.05, 0) is 46.8 Å². The summed E-state index contributed by atoms with van der Waals surface area (Å²) in [7, 11) is 3.79. The van der Waals surface area contributed by atoms with Gasteiger partial charge in [0, 0.05) is 19.0 Å². The summed E-state index contributed by atoms with van der Waals surface area (Å²) in [5.74, 6) is -0.00769. The van der Waals surface area contributed by atoms with E-state index in [2.05, 4.69) is 41.3 Å². The maximum atomic E-state index is 12.9. The molecule has 2 aliphatic rings. The minimum absolute atomic E-state index is 0.00769. The molecule has 2 aliphatic heterocycles. The molecule has 28 heavy (non-hydrogen) atoms. The zero-order chi connectivity index (χ0) is 19.3. The Morgan fingerprint density at radius 1 is 0.821 bits per heavy atom. The molecule has 6 heteroatoms. The van der Waals surface area contributed by atoms with Gasteiger partial charge in [0.1, 0.15) is 4.91 Å². The lowest BCUT2D eigenvalue weighted by Gasteiger charge is -2.14. The van der Waals surface area contributed by atoms with Crippen LogP contribution in [0.3, 0.4) is 0 Å². The van der Waals surface area contributed by atoms with E-state index >= 15 is 0 Å². The van der Waals surface area contributed by atoms with Crippen LogP contribution in [-0.2, 0) is 4.79 Å². The van der Waals surface area contributed by atoms with E-state index in [4.69, 9.17) is 4.99 Å². The fourth-order valence-corrected chi connectivity index (χ4v) is 5.67. The van der Waals surface area contributed by atoms with Gasteiger partial charge >= 0.3 is 0 Å². The Kier molecular flexibility index (Phi) is 4.18. The van der Waals surface area contributed by atoms with Crippen LogP contribution in [0.25, 0.3) is 10.8 Å². The Labute approximate surface area is 171 Å². The van der Waals surface area contributed by atoms with Crippen LogP contribution in [0.5, 0.6) is 0 Å². The van der Waals surface area contributed by atoms with Gasteiger partial charge in [-0.1, -0.05) is 54.2 Å². The minimum atomic E-state index is -0.00769. The molecule has 4 nitrogen and oxygen atoms in total. The molecule has 5 rings (SSSR count). The summed E-state index contributed by atoms with van der Waals surface area (Å²) < 4.78 is 0. The molecule has 1 fully saturated rings. The van der Waals surface area contributed by atoms with Crippen molar-refractivity contribution in [2.24, 2.45) is 4.99 Å². The molecule has 0 N–H and O–H groups in total. The molecule has 0 saturated carbocycles. The third kappa shape index (κ3) is 2.80. The predicted molar refractivity (Wildman–Crippen MR) is 119 cm³/mol. The largest absolute Gasteiger partial charge is 0.337 e. The van der Waals surface area contributed by atoms with Crippen LogP contribution >= 0.6 is 23.5 Å². The number of likely N-dealkylation sites (N-methyl/N-ethyl adjacent to an activating group) is 1. The van der Waals surface area contributed by atoms with E-state index in [0.717, 1.165) is 26.7 Å². The molecule has 2 heterocycles. The minimum Gasteiger partial charge on any atom is -0.337 e. The Balaban J connectivity index is 1.51. The van der Waals surface area contributed by atoms with E-state index in [-0.39, 0.29) is 5.91 Å². The van der Waals surface area contributed by atoms with Gasteiger partial charge in [-0.3, -0.25) is 9.69 Å². The number of thioether (sulfide) groups is 2. The van der Waals surface area contributed by atoms with E-state index in [1.807, 2.05) is 37.4 Å². The van der Waals surface area contributed by atoms with Crippen LogP contribution in [0.2, 0.25) is 0 Å². The summed E-state index contributed by atoms with van der Waals surface area (Å²) in [5, 5.41) is 3.99. The molecule has 0 radical (unpaired) electrons. The number of anilines is 1. The number of nitrogens with zero attached hydrogens (tertiary/aromatic N) is 3. The monoisotopic (exact) mass is 403 g/mol. The lowest BCUT2D eigenvalue weighted by molar-refractivity contribution is -0.121. The molecule has 0 atom stereocenters. The summed E-state index contributed by atoms with van der Waals surface area (Å²) >= 11 is 3.08. The summed E-state index contributed by atoms with van der Waals surface area (Å²) in [5.41, 5.74) is 1.98. The number of para-hydroxylation sites is 1. The number of hydrogen-bond donors (Lipinski definition) is 0. The molecule has 0 unspecified atom stereocenters. The Hall–Kier alpha value is -2.70. The van der Waals surface area contributed by atoms with Crippen molar-refractivity contribution in [2.45, 2.75) is 4.90 Å². The molecular weight excluding hydrogens is 386 g/mol. The quantitative estimate of drug-likeness (QED) is 0.507. The molecule has 0 aliphatic carbocycles. The standard InChI is InChI=1S/C22H17N3OS2/c1-24-17-9-5-6-10-18(17)27-21(24)19-20(26)25(2)22(28-19)23-16-12-11-14-7-3-4-8-15(14)13-16/h3-13H,1-2H3/b21-19-,23-22?. The smallest absolute Gasteiger partial charge is 0.269 e. The highest BCUT2D eigenvalue weighted by atomic mass is 32.2. The van der Waals surface area contributed by atoms with Crippen molar-refractivity contribution in [1.29, 1.82) is 0 Å². The molecule has 0 bridgehead atoms. The summed E-state index contributed by atoms with van der Waals surface area (Å²) in [4.78, 5) is 23.3. The fourth-order valence-electron chi connectivity index (χ4n) is 3.33. The second-order valence-corrected chi connectivity index (χ2v) is 8.66. The number of amidine groups is 1. The molecule has 1 amide bonds. The Morgan fingerprint density at radius 2 is 1.57 bits per heavy atom. The number of fused-ring (bicyclic) bond motifs is 2. The first-order valence-corrected chi connectivity index (χ1v) is 10.5. The van der Waals surface area contributed by atoms with Gasteiger partial charge in [-0.25, -0.2) is 4.99 Å². The van der Waals surface area contributed by atoms with Gasteiger partial charge in [0.2, 0.25) is 0 Å². The Morgan fingerprint density at radius 3 is 2.39 bits per heavy atom. The highest BCUT2D eigenvalue weighted by Crippen LogP contribution is 2.49.